The molecule has 0 amide bonds. The first-order valence-electron chi connectivity index (χ1n) is 7.51. The van der Waals surface area contributed by atoms with Crippen LogP contribution in [0, 0.1) is 6.92 Å². The monoisotopic (exact) mass is 278 g/mol. The summed E-state index contributed by atoms with van der Waals surface area (Å²) in [6.45, 7) is 8.20. The summed E-state index contributed by atoms with van der Waals surface area (Å²) in [7, 11) is 3.47. The van der Waals surface area contributed by atoms with Crippen LogP contribution in [0.4, 0.5) is 0 Å². The lowest BCUT2D eigenvalue weighted by Gasteiger charge is -2.07. The van der Waals surface area contributed by atoms with Crippen LogP contribution in [-0.4, -0.2) is 20.3 Å². The van der Waals surface area contributed by atoms with E-state index >= 15 is 0 Å². The molecule has 2 nitrogen and oxygen atoms in total. The Morgan fingerprint density at radius 1 is 1.20 bits per heavy atom. The fraction of sp³-hybridized carbons (Fsp3) is 0.556. The predicted octanol–water partition coefficient (Wildman–Crippen LogP) is 5.25. The van der Waals surface area contributed by atoms with E-state index in [9.17, 15) is 0 Å². The summed E-state index contributed by atoms with van der Waals surface area (Å²) in [5.74, 6) is 0.933. The second kappa shape index (κ2) is 11.5. The number of methoxy groups -OCH3 is 2. The zero-order valence-electron chi connectivity index (χ0n) is 13.9. The molecular weight excluding hydrogens is 248 g/mol. The maximum atomic E-state index is 5.34. The van der Waals surface area contributed by atoms with Gasteiger partial charge in [0, 0.05) is 12.7 Å². The molecule has 2 heteroatoms. The Morgan fingerprint density at radius 3 is 2.50 bits per heavy atom. The second-order valence-corrected chi connectivity index (χ2v) is 4.62. The Morgan fingerprint density at radius 2 is 1.90 bits per heavy atom. The highest BCUT2D eigenvalue weighted by molar-refractivity contribution is 5.58. The van der Waals surface area contributed by atoms with Crippen molar-refractivity contribution in [1.82, 2.24) is 0 Å². The number of allylic oxidation sites excluding steroid dienone is 1. The molecule has 20 heavy (non-hydrogen) atoms. The summed E-state index contributed by atoms with van der Waals surface area (Å²) in [5, 5.41) is 0. The van der Waals surface area contributed by atoms with Gasteiger partial charge in [0.05, 0.1) is 13.2 Å². The number of hydrogen-bond acceptors (Lipinski definition) is 2. The molecule has 0 aliphatic carbocycles. The van der Waals surface area contributed by atoms with Crippen LogP contribution in [0.1, 0.15) is 51.2 Å². The van der Waals surface area contributed by atoms with Gasteiger partial charge in [0.15, 0.2) is 0 Å². The molecule has 0 spiro atoms. The van der Waals surface area contributed by atoms with Crippen LogP contribution >= 0.6 is 0 Å². The van der Waals surface area contributed by atoms with Crippen molar-refractivity contribution in [1.29, 1.82) is 0 Å². The number of aryl methyl sites for hydroxylation is 1. The number of hydrogen-bond donors (Lipinski definition) is 0. The summed E-state index contributed by atoms with van der Waals surface area (Å²) in [4.78, 5) is 0. The predicted molar refractivity (Wildman–Crippen MR) is 88.4 cm³/mol. The molecule has 0 aromatic heterocycles. The van der Waals surface area contributed by atoms with E-state index in [4.69, 9.17) is 9.47 Å². The number of rotatable bonds is 7. The van der Waals surface area contributed by atoms with Gasteiger partial charge in [-0.05, 0) is 45.2 Å². The SMILES string of the molecule is CC.COc1ccc(C)cc1/C=C/CCCC(C)OC. The van der Waals surface area contributed by atoms with E-state index < -0.39 is 0 Å². The first-order chi connectivity index (χ1) is 9.67. The molecule has 1 rings (SSSR count). The van der Waals surface area contributed by atoms with Crippen molar-refractivity contribution < 1.29 is 9.47 Å². The minimum absolute atomic E-state index is 0.354. The van der Waals surface area contributed by atoms with E-state index in [2.05, 4.69) is 38.1 Å². The molecule has 0 aliphatic rings. The molecule has 1 atom stereocenters. The van der Waals surface area contributed by atoms with Gasteiger partial charge in [-0.2, -0.15) is 0 Å². The van der Waals surface area contributed by atoms with E-state index in [1.165, 1.54) is 5.56 Å². The Kier molecular flexibility index (Phi) is 10.8. The van der Waals surface area contributed by atoms with E-state index in [0.717, 1.165) is 30.6 Å². The molecule has 0 radical (unpaired) electrons. The van der Waals surface area contributed by atoms with Gasteiger partial charge in [0.2, 0.25) is 0 Å². The molecular formula is C18H30O2. The van der Waals surface area contributed by atoms with Gasteiger partial charge in [-0.3, -0.25) is 0 Å². The average Bonchev–Trinajstić information content (AvgIpc) is 2.49. The minimum atomic E-state index is 0.354. The summed E-state index contributed by atoms with van der Waals surface area (Å²) in [6, 6.07) is 6.23. The lowest BCUT2D eigenvalue weighted by molar-refractivity contribution is 0.109. The van der Waals surface area contributed by atoms with Gasteiger partial charge < -0.3 is 9.47 Å². The molecule has 1 aromatic carbocycles. The Hall–Kier alpha value is -1.28. The van der Waals surface area contributed by atoms with Gasteiger partial charge in [-0.15, -0.1) is 0 Å². The highest BCUT2D eigenvalue weighted by atomic mass is 16.5. The van der Waals surface area contributed by atoms with Crippen LogP contribution < -0.4 is 4.74 Å². The van der Waals surface area contributed by atoms with Crippen LogP contribution in [0.15, 0.2) is 24.3 Å². The molecule has 0 aliphatic heterocycles. The second-order valence-electron chi connectivity index (χ2n) is 4.62. The highest BCUT2D eigenvalue weighted by Gasteiger charge is 1.99. The molecule has 1 aromatic rings. The third-order valence-corrected chi connectivity index (χ3v) is 3.07. The van der Waals surface area contributed by atoms with Crippen molar-refractivity contribution in [2.24, 2.45) is 0 Å². The van der Waals surface area contributed by atoms with E-state index in [1.54, 1.807) is 14.2 Å². The van der Waals surface area contributed by atoms with E-state index in [-0.39, 0.29) is 0 Å². The molecule has 114 valence electrons. The van der Waals surface area contributed by atoms with Crippen molar-refractivity contribution in [3.8, 4) is 5.75 Å². The summed E-state index contributed by atoms with van der Waals surface area (Å²) in [5.41, 5.74) is 2.40. The van der Waals surface area contributed by atoms with E-state index in [0.29, 0.717) is 6.10 Å². The smallest absolute Gasteiger partial charge is 0.126 e. The lowest BCUT2D eigenvalue weighted by Crippen LogP contribution is -2.03. The minimum Gasteiger partial charge on any atom is -0.496 e. The molecule has 0 saturated carbocycles. The van der Waals surface area contributed by atoms with Gasteiger partial charge in [0.25, 0.3) is 0 Å². The van der Waals surface area contributed by atoms with Crippen LogP contribution in [0.5, 0.6) is 5.75 Å². The van der Waals surface area contributed by atoms with Gasteiger partial charge in [-0.1, -0.05) is 37.6 Å². The van der Waals surface area contributed by atoms with Gasteiger partial charge in [0.1, 0.15) is 5.75 Å². The zero-order valence-corrected chi connectivity index (χ0v) is 13.9. The Bertz CT molecular complexity index is 383. The largest absolute Gasteiger partial charge is 0.496 e. The highest BCUT2D eigenvalue weighted by Crippen LogP contribution is 2.21. The Balaban J connectivity index is 0.00000172. The summed E-state index contributed by atoms with van der Waals surface area (Å²) in [6.07, 6.45) is 8.03. The maximum Gasteiger partial charge on any atom is 0.126 e. The van der Waals surface area contributed by atoms with E-state index in [1.807, 2.05) is 19.9 Å². The third-order valence-electron chi connectivity index (χ3n) is 3.07. The first-order valence-corrected chi connectivity index (χ1v) is 7.51. The molecule has 0 saturated heterocycles. The summed E-state index contributed by atoms with van der Waals surface area (Å²) < 4.78 is 10.6. The van der Waals surface area contributed by atoms with Crippen molar-refractivity contribution >= 4 is 6.08 Å². The van der Waals surface area contributed by atoms with Crippen molar-refractivity contribution in [2.45, 2.75) is 53.1 Å². The standard InChI is InChI=1S/C16H24O2.C2H6/c1-13-10-11-16(18-4)15(12-13)9-7-5-6-8-14(2)17-3;1-2/h7,9-12,14H,5-6,8H2,1-4H3;1-2H3/b9-7+;. The number of benzene rings is 1. The molecule has 0 bridgehead atoms. The number of ether oxygens (including phenoxy) is 2. The quantitative estimate of drug-likeness (QED) is 0.634. The van der Waals surface area contributed by atoms with Crippen LogP contribution in [0.2, 0.25) is 0 Å². The first kappa shape index (κ1) is 18.7. The molecule has 0 N–H and O–H groups in total. The fourth-order valence-corrected chi connectivity index (χ4v) is 1.84. The fourth-order valence-electron chi connectivity index (χ4n) is 1.84. The molecule has 0 heterocycles. The van der Waals surface area contributed by atoms with Crippen molar-refractivity contribution in [2.75, 3.05) is 14.2 Å². The van der Waals surface area contributed by atoms with Crippen molar-refractivity contribution in [3.05, 3.63) is 35.4 Å². The normalized spacial score (nSPS) is 11.9. The Labute approximate surface area is 124 Å². The maximum absolute atomic E-state index is 5.34. The van der Waals surface area contributed by atoms with Gasteiger partial charge in [-0.25, -0.2) is 0 Å². The summed E-state index contributed by atoms with van der Waals surface area (Å²) >= 11 is 0. The number of unbranched alkanes of at least 4 members (excludes halogenated alkanes) is 1. The lowest BCUT2D eigenvalue weighted by atomic mass is 10.1. The molecule has 0 fully saturated rings. The van der Waals surface area contributed by atoms with Crippen LogP contribution in [0.3, 0.4) is 0 Å². The van der Waals surface area contributed by atoms with Gasteiger partial charge >= 0.3 is 0 Å². The van der Waals surface area contributed by atoms with Crippen LogP contribution in [-0.2, 0) is 4.74 Å². The van der Waals surface area contributed by atoms with Crippen LogP contribution in [0.25, 0.3) is 6.08 Å². The topological polar surface area (TPSA) is 18.5 Å². The zero-order chi connectivity index (χ0) is 15.4. The van der Waals surface area contributed by atoms with Crippen molar-refractivity contribution in [3.63, 3.8) is 0 Å². The average molecular weight is 278 g/mol. The third kappa shape index (κ3) is 7.34. The molecule has 1 unspecified atom stereocenters.